The molecule has 1 unspecified atom stereocenters. The summed E-state index contributed by atoms with van der Waals surface area (Å²) in [5, 5.41) is 0. The molecule has 5 nitrogen and oxygen atoms in total. The minimum Gasteiger partial charge on any atom is -0.493 e. The van der Waals surface area contributed by atoms with Gasteiger partial charge in [0.1, 0.15) is 0 Å². The minimum atomic E-state index is 0.0824. The number of ether oxygens (including phenoxy) is 2. The molecule has 0 N–H and O–H groups in total. The molecule has 2 aliphatic heterocycles. The SMILES string of the molecule is CCOc1c(Br)cc(C(=O)N2CCCC(CN3CCC(C)CC3)C2)cc1OC. The number of benzene rings is 1. The molecule has 6 heteroatoms. The number of amides is 1. The molecule has 1 atom stereocenters. The standard InChI is InChI=1S/C22H33BrN2O3/c1-4-28-21-19(23)12-18(13-20(21)27-3)22(26)25-9-5-6-17(15-25)14-24-10-7-16(2)8-11-24/h12-13,16-17H,4-11,14-15H2,1-3H3. The molecule has 0 aliphatic carbocycles. The van der Waals surface area contributed by atoms with Gasteiger partial charge in [0, 0.05) is 25.2 Å². The number of carbonyl (C=O) groups is 1. The van der Waals surface area contributed by atoms with Crippen molar-refractivity contribution in [3.05, 3.63) is 22.2 Å². The van der Waals surface area contributed by atoms with Crippen LogP contribution in [0.1, 0.15) is 49.9 Å². The number of nitrogens with zero attached hydrogens (tertiary/aromatic N) is 2. The molecule has 2 fully saturated rings. The predicted octanol–water partition coefficient (Wildman–Crippen LogP) is 4.44. The molecule has 3 rings (SSSR count). The van der Waals surface area contributed by atoms with E-state index in [1.807, 2.05) is 17.9 Å². The molecule has 0 saturated carbocycles. The van der Waals surface area contributed by atoms with E-state index in [4.69, 9.17) is 9.47 Å². The van der Waals surface area contributed by atoms with Gasteiger partial charge in [-0.15, -0.1) is 0 Å². The van der Waals surface area contributed by atoms with Crippen LogP contribution in [-0.4, -0.2) is 62.1 Å². The summed E-state index contributed by atoms with van der Waals surface area (Å²) in [5.74, 6) is 2.75. The molecular formula is C22H33BrN2O3. The number of hydrogen-bond acceptors (Lipinski definition) is 4. The van der Waals surface area contributed by atoms with Crippen LogP contribution in [0.15, 0.2) is 16.6 Å². The number of halogens is 1. The van der Waals surface area contributed by atoms with Gasteiger partial charge in [0.15, 0.2) is 11.5 Å². The summed E-state index contributed by atoms with van der Waals surface area (Å²) in [7, 11) is 1.61. The number of hydrogen-bond donors (Lipinski definition) is 0. The maximum absolute atomic E-state index is 13.2. The molecule has 0 bridgehead atoms. The van der Waals surface area contributed by atoms with E-state index in [-0.39, 0.29) is 5.91 Å². The summed E-state index contributed by atoms with van der Waals surface area (Å²) in [6, 6.07) is 3.65. The van der Waals surface area contributed by atoms with E-state index < -0.39 is 0 Å². The average molecular weight is 453 g/mol. The van der Waals surface area contributed by atoms with E-state index in [0.29, 0.717) is 29.6 Å². The van der Waals surface area contributed by atoms with Crippen LogP contribution in [0, 0.1) is 11.8 Å². The first-order valence-electron chi connectivity index (χ1n) is 10.5. The first-order valence-corrected chi connectivity index (χ1v) is 11.3. The van der Waals surface area contributed by atoms with E-state index in [1.54, 1.807) is 13.2 Å². The minimum absolute atomic E-state index is 0.0824. The van der Waals surface area contributed by atoms with Gasteiger partial charge in [-0.3, -0.25) is 4.79 Å². The molecule has 0 radical (unpaired) electrons. The van der Waals surface area contributed by atoms with Crippen LogP contribution in [0.5, 0.6) is 11.5 Å². The Morgan fingerprint density at radius 2 is 1.96 bits per heavy atom. The van der Waals surface area contributed by atoms with Crippen LogP contribution in [0.2, 0.25) is 0 Å². The van der Waals surface area contributed by atoms with Crippen molar-refractivity contribution in [2.24, 2.45) is 11.8 Å². The largest absolute Gasteiger partial charge is 0.493 e. The normalized spacial score (nSPS) is 21.6. The number of rotatable bonds is 6. The third kappa shape index (κ3) is 5.20. The summed E-state index contributed by atoms with van der Waals surface area (Å²) in [5.41, 5.74) is 0.652. The number of likely N-dealkylation sites (tertiary alicyclic amines) is 2. The highest BCUT2D eigenvalue weighted by molar-refractivity contribution is 9.10. The van der Waals surface area contributed by atoms with Crippen molar-refractivity contribution in [2.45, 2.75) is 39.5 Å². The molecule has 2 saturated heterocycles. The average Bonchev–Trinajstić information content (AvgIpc) is 2.71. The molecule has 28 heavy (non-hydrogen) atoms. The molecule has 2 heterocycles. The quantitative estimate of drug-likeness (QED) is 0.639. The molecule has 1 aromatic carbocycles. The summed E-state index contributed by atoms with van der Waals surface area (Å²) >= 11 is 3.53. The van der Waals surface area contributed by atoms with Crippen molar-refractivity contribution >= 4 is 21.8 Å². The van der Waals surface area contributed by atoms with E-state index in [9.17, 15) is 4.79 Å². The van der Waals surface area contributed by atoms with E-state index in [1.165, 1.54) is 32.4 Å². The third-order valence-electron chi connectivity index (χ3n) is 5.96. The van der Waals surface area contributed by atoms with E-state index in [2.05, 4.69) is 27.8 Å². The summed E-state index contributed by atoms with van der Waals surface area (Å²) in [6.07, 6.45) is 4.90. The first-order chi connectivity index (χ1) is 13.5. The van der Waals surface area contributed by atoms with Crippen LogP contribution in [-0.2, 0) is 0 Å². The second-order valence-corrected chi connectivity index (χ2v) is 9.02. The highest BCUT2D eigenvalue weighted by Crippen LogP contribution is 2.37. The Morgan fingerprint density at radius 3 is 2.64 bits per heavy atom. The Morgan fingerprint density at radius 1 is 1.21 bits per heavy atom. The fourth-order valence-corrected chi connectivity index (χ4v) is 4.88. The van der Waals surface area contributed by atoms with Gasteiger partial charge in [0.2, 0.25) is 0 Å². The molecule has 156 valence electrons. The van der Waals surface area contributed by atoms with Crippen molar-refractivity contribution in [1.29, 1.82) is 0 Å². The van der Waals surface area contributed by atoms with Gasteiger partial charge in [0.05, 0.1) is 18.2 Å². The lowest BCUT2D eigenvalue weighted by Crippen LogP contribution is -2.45. The lowest BCUT2D eigenvalue weighted by molar-refractivity contribution is 0.0621. The highest BCUT2D eigenvalue weighted by atomic mass is 79.9. The monoisotopic (exact) mass is 452 g/mol. The molecule has 0 aromatic heterocycles. The molecule has 1 aromatic rings. The molecule has 2 aliphatic rings. The maximum Gasteiger partial charge on any atom is 0.254 e. The second-order valence-electron chi connectivity index (χ2n) is 8.17. The fraction of sp³-hybridized carbons (Fsp3) is 0.682. The van der Waals surface area contributed by atoms with Crippen LogP contribution < -0.4 is 9.47 Å². The first kappa shape index (κ1) is 21.4. The van der Waals surface area contributed by atoms with Gasteiger partial charge in [-0.1, -0.05) is 6.92 Å². The fourth-order valence-electron chi connectivity index (χ4n) is 4.32. The van der Waals surface area contributed by atoms with E-state index in [0.717, 1.165) is 36.4 Å². The van der Waals surface area contributed by atoms with Crippen LogP contribution >= 0.6 is 15.9 Å². The van der Waals surface area contributed by atoms with Crippen molar-refractivity contribution in [1.82, 2.24) is 9.80 Å². The van der Waals surface area contributed by atoms with Crippen molar-refractivity contribution < 1.29 is 14.3 Å². The zero-order valence-corrected chi connectivity index (χ0v) is 19.0. The Balaban J connectivity index is 1.65. The summed E-state index contributed by atoms with van der Waals surface area (Å²) in [4.78, 5) is 17.8. The number of carbonyl (C=O) groups excluding carboxylic acids is 1. The topological polar surface area (TPSA) is 42.0 Å². The van der Waals surface area contributed by atoms with Gasteiger partial charge < -0.3 is 19.3 Å². The van der Waals surface area contributed by atoms with Crippen LogP contribution in [0.4, 0.5) is 0 Å². The van der Waals surface area contributed by atoms with Gasteiger partial charge in [-0.05, 0) is 85.6 Å². The molecule has 1 amide bonds. The Labute approximate surface area is 177 Å². The number of methoxy groups -OCH3 is 1. The van der Waals surface area contributed by atoms with Crippen molar-refractivity contribution in [3.63, 3.8) is 0 Å². The Bertz CT molecular complexity index is 674. The number of piperidine rings is 2. The van der Waals surface area contributed by atoms with Crippen LogP contribution in [0.3, 0.4) is 0 Å². The van der Waals surface area contributed by atoms with Gasteiger partial charge in [0.25, 0.3) is 5.91 Å². The van der Waals surface area contributed by atoms with Gasteiger partial charge >= 0.3 is 0 Å². The van der Waals surface area contributed by atoms with Crippen LogP contribution in [0.25, 0.3) is 0 Å². The second kappa shape index (κ2) is 9.97. The highest BCUT2D eigenvalue weighted by Gasteiger charge is 2.28. The summed E-state index contributed by atoms with van der Waals surface area (Å²) in [6.45, 7) is 10.0. The zero-order valence-electron chi connectivity index (χ0n) is 17.4. The third-order valence-corrected chi connectivity index (χ3v) is 6.55. The Kier molecular flexibility index (Phi) is 7.63. The lowest BCUT2D eigenvalue weighted by atomic mass is 9.94. The van der Waals surface area contributed by atoms with Gasteiger partial charge in [-0.2, -0.15) is 0 Å². The Hall–Kier alpha value is -1.27. The maximum atomic E-state index is 13.2. The predicted molar refractivity (Wildman–Crippen MR) is 115 cm³/mol. The van der Waals surface area contributed by atoms with Crippen molar-refractivity contribution in [3.8, 4) is 11.5 Å². The van der Waals surface area contributed by atoms with Gasteiger partial charge in [-0.25, -0.2) is 0 Å². The zero-order chi connectivity index (χ0) is 20.1. The lowest BCUT2D eigenvalue weighted by Gasteiger charge is -2.38. The van der Waals surface area contributed by atoms with E-state index >= 15 is 0 Å². The molecular weight excluding hydrogens is 420 g/mol. The van der Waals surface area contributed by atoms with Crippen molar-refractivity contribution in [2.75, 3.05) is 46.4 Å². The molecule has 0 spiro atoms. The summed E-state index contributed by atoms with van der Waals surface area (Å²) < 4.78 is 11.9. The smallest absolute Gasteiger partial charge is 0.254 e.